The highest BCUT2D eigenvalue weighted by Crippen LogP contribution is 2.67. The van der Waals surface area contributed by atoms with Crippen LogP contribution in [0.25, 0.3) is 0 Å². The van der Waals surface area contributed by atoms with E-state index in [0.717, 1.165) is 74.5 Å². The lowest BCUT2D eigenvalue weighted by molar-refractivity contribution is -0.313. The van der Waals surface area contributed by atoms with Crippen LogP contribution >= 0.6 is 0 Å². The lowest BCUT2D eigenvalue weighted by atomic mass is 9.47. The van der Waals surface area contributed by atoms with E-state index in [2.05, 4.69) is 59.8 Å². The fourth-order valence-electron chi connectivity index (χ4n) is 13.1. The molecule has 5 aliphatic rings. The van der Waals surface area contributed by atoms with Gasteiger partial charge in [-0.15, -0.1) is 0 Å². The van der Waals surface area contributed by atoms with Crippen LogP contribution in [0.2, 0.25) is 0 Å². The summed E-state index contributed by atoms with van der Waals surface area (Å²) in [5.41, 5.74) is 2.14. The number of aliphatic hydroxyl groups is 3. The van der Waals surface area contributed by atoms with Gasteiger partial charge in [0.15, 0.2) is 6.29 Å². The van der Waals surface area contributed by atoms with Gasteiger partial charge in [-0.3, -0.25) is 4.79 Å². The van der Waals surface area contributed by atoms with Crippen molar-refractivity contribution in [2.45, 2.75) is 252 Å². The largest absolute Gasteiger partial charge is 0.463 e. The van der Waals surface area contributed by atoms with E-state index >= 15 is 0 Å². The normalized spacial score (nSPS) is 35.9. The molecule has 13 atom stereocenters. The van der Waals surface area contributed by atoms with Gasteiger partial charge in [0.25, 0.3) is 0 Å². The molecule has 60 heavy (non-hydrogen) atoms. The molecule has 1 aliphatic heterocycles. The van der Waals surface area contributed by atoms with Crippen LogP contribution in [-0.2, 0) is 19.0 Å². The van der Waals surface area contributed by atoms with E-state index in [4.69, 9.17) is 14.2 Å². The molecule has 7 heteroatoms. The zero-order chi connectivity index (χ0) is 43.1. The Labute approximate surface area is 367 Å². The second kappa shape index (κ2) is 24.7. The van der Waals surface area contributed by atoms with E-state index in [1.165, 1.54) is 128 Å². The number of carbonyl (C=O) groups is 1. The van der Waals surface area contributed by atoms with Gasteiger partial charge in [-0.2, -0.15) is 0 Å². The van der Waals surface area contributed by atoms with Crippen LogP contribution < -0.4 is 0 Å². The Bertz CT molecular complexity index is 1310. The molecule has 1 heterocycles. The Morgan fingerprint density at radius 1 is 0.783 bits per heavy atom. The molecule has 0 radical (unpaired) electrons. The molecule has 7 nitrogen and oxygen atoms in total. The van der Waals surface area contributed by atoms with Gasteiger partial charge in [0.1, 0.15) is 31.0 Å². The molecule has 3 unspecified atom stereocenters. The van der Waals surface area contributed by atoms with Crippen LogP contribution in [0.15, 0.2) is 23.8 Å². The van der Waals surface area contributed by atoms with Crippen molar-refractivity contribution in [3.05, 3.63) is 23.8 Å². The molecule has 1 saturated heterocycles. The van der Waals surface area contributed by atoms with Crippen LogP contribution in [0.5, 0.6) is 0 Å². The molecule has 0 spiro atoms. The Morgan fingerprint density at radius 2 is 1.45 bits per heavy atom. The molecule has 0 aromatic carbocycles. The first-order valence-corrected chi connectivity index (χ1v) is 25.7. The summed E-state index contributed by atoms with van der Waals surface area (Å²) in [4.78, 5) is 12.6. The van der Waals surface area contributed by atoms with Gasteiger partial charge in [-0.25, -0.2) is 0 Å². The second-order valence-corrected chi connectivity index (χ2v) is 21.5. The standard InChI is InChI=1S/C53H92O7/c1-7-8-9-10-11-12-13-14-15-16-17-18-19-20-21-22-23-27-47(54)58-37-46-48(55)49(56)50(57)51(60-46)59-41-32-34-52(5)40(36-41)28-29-42-44-31-30-43(39(4)26-24-25-38(2)3)53(44,6)35-33-45(42)52/h14-15,28,38-39,41-46,48-51,55-57H,7-13,16-27,29-37H2,1-6H3/b15-14-/t39-,41+,42+,43-,44+,45+,46?,48-,49?,50?,51-,52+,53-/m1/s1. The van der Waals surface area contributed by atoms with E-state index in [1.807, 2.05) is 0 Å². The molecular formula is C53H92O7. The maximum absolute atomic E-state index is 12.6. The summed E-state index contributed by atoms with van der Waals surface area (Å²) in [7, 11) is 0. The van der Waals surface area contributed by atoms with Crippen molar-refractivity contribution in [3.63, 3.8) is 0 Å². The summed E-state index contributed by atoms with van der Waals surface area (Å²) in [6.07, 6.45) is 33.1. The summed E-state index contributed by atoms with van der Waals surface area (Å²) >= 11 is 0. The maximum atomic E-state index is 12.6. The third-order valence-electron chi connectivity index (χ3n) is 16.8. The molecule has 0 aromatic rings. The van der Waals surface area contributed by atoms with Crippen LogP contribution in [0, 0.1) is 46.3 Å². The van der Waals surface area contributed by atoms with Crippen molar-refractivity contribution in [1.29, 1.82) is 0 Å². The number of fused-ring (bicyclic) bond motifs is 5. The average molecular weight is 841 g/mol. The molecule has 3 N–H and O–H groups in total. The van der Waals surface area contributed by atoms with E-state index in [-0.39, 0.29) is 24.1 Å². The molecule has 0 bridgehead atoms. The van der Waals surface area contributed by atoms with Crippen LogP contribution in [0.4, 0.5) is 0 Å². The van der Waals surface area contributed by atoms with Gasteiger partial charge in [0.2, 0.25) is 0 Å². The summed E-state index contributed by atoms with van der Waals surface area (Å²) in [6, 6.07) is 0. The van der Waals surface area contributed by atoms with Crippen molar-refractivity contribution in [3.8, 4) is 0 Å². The molecule has 0 aromatic heterocycles. The number of esters is 1. The maximum Gasteiger partial charge on any atom is 0.305 e. The first-order valence-electron chi connectivity index (χ1n) is 25.7. The third kappa shape index (κ3) is 13.4. The van der Waals surface area contributed by atoms with Crippen molar-refractivity contribution in [2.75, 3.05) is 6.61 Å². The van der Waals surface area contributed by atoms with Crippen molar-refractivity contribution >= 4 is 5.97 Å². The van der Waals surface area contributed by atoms with Crippen LogP contribution in [-0.4, -0.2) is 64.7 Å². The minimum Gasteiger partial charge on any atom is -0.463 e. The number of aliphatic hydroxyl groups excluding tert-OH is 3. The van der Waals surface area contributed by atoms with Gasteiger partial charge >= 0.3 is 5.97 Å². The van der Waals surface area contributed by atoms with Crippen LogP contribution in [0.3, 0.4) is 0 Å². The summed E-state index contributed by atoms with van der Waals surface area (Å²) < 4.78 is 18.0. The molecule has 346 valence electrons. The number of rotatable bonds is 26. The minimum atomic E-state index is -1.44. The number of ether oxygens (including phenoxy) is 3. The Kier molecular flexibility index (Phi) is 20.5. The van der Waals surface area contributed by atoms with Gasteiger partial charge in [-0.1, -0.05) is 149 Å². The number of carbonyl (C=O) groups excluding carboxylic acids is 1. The Morgan fingerprint density at radius 3 is 2.13 bits per heavy atom. The highest BCUT2D eigenvalue weighted by atomic mass is 16.7. The van der Waals surface area contributed by atoms with Crippen molar-refractivity contribution in [1.82, 2.24) is 0 Å². The molecule has 4 fully saturated rings. The molecule has 3 saturated carbocycles. The fourth-order valence-corrected chi connectivity index (χ4v) is 13.1. The lowest BCUT2D eigenvalue weighted by Crippen LogP contribution is -2.60. The van der Waals surface area contributed by atoms with E-state index < -0.39 is 30.7 Å². The van der Waals surface area contributed by atoms with Crippen molar-refractivity contribution < 1.29 is 34.3 Å². The van der Waals surface area contributed by atoms with Gasteiger partial charge in [-0.05, 0) is 130 Å². The quantitative estimate of drug-likeness (QED) is 0.0452. The van der Waals surface area contributed by atoms with E-state index in [9.17, 15) is 20.1 Å². The van der Waals surface area contributed by atoms with E-state index in [0.29, 0.717) is 17.8 Å². The third-order valence-corrected chi connectivity index (χ3v) is 16.8. The lowest BCUT2D eigenvalue weighted by Gasteiger charge is -2.58. The fraction of sp³-hybridized carbons (Fsp3) is 0.906. The predicted molar refractivity (Wildman–Crippen MR) is 244 cm³/mol. The molecule has 5 rings (SSSR count). The first kappa shape index (κ1) is 49.8. The Hall–Kier alpha value is -1.25. The van der Waals surface area contributed by atoms with Gasteiger partial charge < -0.3 is 29.5 Å². The summed E-state index contributed by atoms with van der Waals surface area (Å²) in [5.74, 6) is 4.43. The number of allylic oxidation sites excluding steroid dienone is 3. The number of unbranched alkanes of at least 4 members (excludes halogenated alkanes) is 13. The average Bonchev–Trinajstić information content (AvgIpc) is 3.59. The van der Waals surface area contributed by atoms with Gasteiger partial charge in [0.05, 0.1) is 6.10 Å². The number of hydrogen-bond acceptors (Lipinski definition) is 7. The Balaban J connectivity index is 0.983. The number of hydrogen-bond donors (Lipinski definition) is 3. The minimum absolute atomic E-state index is 0.140. The highest BCUT2D eigenvalue weighted by molar-refractivity contribution is 5.69. The van der Waals surface area contributed by atoms with Crippen molar-refractivity contribution in [2.24, 2.45) is 46.3 Å². The van der Waals surface area contributed by atoms with Crippen LogP contribution in [0.1, 0.15) is 215 Å². The topological polar surface area (TPSA) is 105 Å². The second-order valence-electron chi connectivity index (χ2n) is 21.5. The van der Waals surface area contributed by atoms with Gasteiger partial charge in [0, 0.05) is 6.42 Å². The predicted octanol–water partition coefficient (Wildman–Crippen LogP) is 12.6. The monoisotopic (exact) mass is 841 g/mol. The highest BCUT2D eigenvalue weighted by Gasteiger charge is 2.59. The zero-order valence-corrected chi connectivity index (χ0v) is 39.4. The summed E-state index contributed by atoms with van der Waals surface area (Å²) in [5, 5.41) is 32.5. The first-order chi connectivity index (χ1) is 28.9. The molecular weight excluding hydrogens is 749 g/mol. The van der Waals surface area contributed by atoms with E-state index in [1.54, 1.807) is 0 Å². The molecule has 4 aliphatic carbocycles. The smallest absolute Gasteiger partial charge is 0.305 e. The zero-order valence-electron chi connectivity index (χ0n) is 39.4. The molecule has 0 amide bonds. The SMILES string of the molecule is CCCCCCCC/C=C\CCCCCCCCCC(=O)OCC1O[C@@H](O[C@H]2CC[C@@]3(C)C(=CC[C@H]4[C@@H]5CC[C@H]([C@H](C)CCCC(C)C)[C@@]5(C)CC[C@@H]43)C2)C(O)C(O)[C@@H]1O. The summed E-state index contributed by atoms with van der Waals surface area (Å²) in [6.45, 7) is 14.5.